The number of hydrogen-bond acceptors (Lipinski definition) is 3. The van der Waals surface area contributed by atoms with E-state index in [4.69, 9.17) is 0 Å². The molecule has 1 aliphatic carbocycles. The Morgan fingerprint density at radius 1 is 1.17 bits per heavy atom. The van der Waals surface area contributed by atoms with Gasteiger partial charge in [0, 0.05) is 0 Å². The summed E-state index contributed by atoms with van der Waals surface area (Å²) in [7, 11) is 0. The van der Waals surface area contributed by atoms with Gasteiger partial charge in [-0.2, -0.15) is 0 Å². The summed E-state index contributed by atoms with van der Waals surface area (Å²) in [6, 6.07) is 4.05. The molecule has 24 heavy (non-hydrogen) atoms. The highest BCUT2D eigenvalue weighted by atomic mass is 19.1. The van der Waals surface area contributed by atoms with Gasteiger partial charge in [-0.05, 0) is 50.3 Å². The molecule has 2 atom stereocenters. The molecule has 0 aromatic heterocycles. The normalized spacial score (nSPS) is 25.4. The molecule has 2 aliphatic rings. The second kappa shape index (κ2) is 6.46. The zero-order valence-corrected chi connectivity index (χ0v) is 14.0. The predicted molar refractivity (Wildman–Crippen MR) is 88.2 cm³/mol. The molecule has 2 unspecified atom stereocenters. The van der Waals surface area contributed by atoms with Gasteiger partial charge in [-0.15, -0.1) is 0 Å². The molecule has 0 radical (unpaired) electrons. The lowest BCUT2D eigenvalue weighted by Gasteiger charge is -2.35. The summed E-state index contributed by atoms with van der Waals surface area (Å²) >= 11 is 0. The van der Waals surface area contributed by atoms with E-state index in [0.29, 0.717) is 0 Å². The average Bonchev–Trinajstić information content (AvgIpc) is 2.81. The fourth-order valence-corrected chi connectivity index (χ4v) is 4.15. The second-order valence-corrected chi connectivity index (χ2v) is 6.97. The molecule has 1 aromatic carbocycles. The van der Waals surface area contributed by atoms with Gasteiger partial charge in [-0.25, -0.2) is 4.39 Å². The van der Waals surface area contributed by atoms with Crippen LogP contribution in [-0.2, 0) is 14.4 Å². The van der Waals surface area contributed by atoms with Crippen LogP contribution in [0.5, 0.6) is 0 Å². The zero-order chi connectivity index (χ0) is 17.4. The topological polar surface area (TPSA) is 54.5 Å². The summed E-state index contributed by atoms with van der Waals surface area (Å²) in [5.74, 6) is -3.20. The van der Waals surface area contributed by atoms with E-state index in [2.05, 4.69) is 0 Å². The Morgan fingerprint density at radius 2 is 1.83 bits per heavy atom. The maximum Gasteiger partial charge on any atom is 0.295 e. The molecule has 0 bridgehead atoms. The van der Waals surface area contributed by atoms with Gasteiger partial charge in [0.2, 0.25) is 5.78 Å². The van der Waals surface area contributed by atoms with Crippen LogP contribution in [0.3, 0.4) is 0 Å². The van der Waals surface area contributed by atoms with Gasteiger partial charge in [0.05, 0.1) is 11.7 Å². The van der Waals surface area contributed by atoms with Crippen LogP contribution >= 0.6 is 0 Å². The maximum atomic E-state index is 14.5. The minimum Gasteiger partial charge on any atom is -0.299 e. The van der Waals surface area contributed by atoms with Crippen molar-refractivity contribution in [3.05, 3.63) is 29.6 Å². The summed E-state index contributed by atoms with van der Waals surface area (Å²) < 4.78 is 14.5. The van der Waals surface area contributed by atoms with E-state index < -0.39 is 29.5 Å². The van der Waals surface area contributed by atoms with Gasteiger partial charge in [0.15, 0.2) is 0 Å². The van der Waals surface area contributed by atoms with Crippen LogP contribution in [0.15, 0.2) is 18.2 Å². The predicted octanol–water partition coefficient (Wildman–Crippen LogP) is 3.20. The number of ketones is 2. The van der Waals surface area contributed by atoms with Crippen molar-refractivity contribution in [3.63, 3.8) is 0 Å². The molecule has 5 heteroatoms. The van der Waals surface area contributed by atoms with Crippen molar-refractivity contribution in [1.29, 1.82) is 0 Å². The number of Topliss-reactive ketones (excluding diaryl/α,β-unsaturated/α-hetero) is 2. The van der Waals surface area contributed by atoms with Crippen molar-refractivity contribution >= 4 is 23.2 Å². The van der Waals surface area contributed by atoms with Crippen LogP contribution in [0, 0.1) is 24.6 Å². The molecular formula is C19H22FNO3. The third kappa shape index (κ3) is 2.76. The number of amides is 1. The van der Waals surface area contributed by atoms with Crippen molar-refractivity contribution in [2.75, 3.05) is 4.90 Å². The summed E-state index contributed by atoms with van der Waals surface area (Å²) in [5, 5.41) is 0. The first-order chi connectivity index (χ1) is 11.4. The number of benzene rings is 1. The number of hydrogen-bond donors (Lipinski definition) is 0. The van der Waals surface area contributed by atoms with Crippen molar-refractivity contribution < 1.29 is 18.8 Å². The smallest absolute Gasteiger partial charge is 0.295 e. The monoisotopic (exact) mass is 331 g/mol. The van der Waals surface area contributed by atoms with Gasteiger partial charge in [-0.3, -0.25) is 19.3 Å². The molecule has 0 N–H and O–H groups in total. The van der Waals surface area contributed by atoms with E-state index in [9.17, 15) is 18.8 Å². The number of carbonyl (C=O) groups is 3. The van der Waals surface area contributed by atoms with Gasteiger partial charge in [0.25, 0.3) is 5.91 Å². The fraction of sp³-hybridized carbons (Fsp3) is 0.526. The molecular weight excluding hydrogens is 309 g/mol. The second-order valence-electron chi connectivity index (χ2n) is 6.97. The van der Waals surface area contributed by atoms with Gasteiger partial charge >= 0.3 is 0 Å². The number of halogens is 1. The molecule has 1 saturated carbocycles. The number of carbonyl (C=O) groups excluding carboxylic acids is 3. The summed E-state index contributed by atoms with van der Waals surface area (Å²) in [6.07, 6.45) is 4.86. The zero-order valence-electron chi connectivity index (χ0n) is 14.0. The van der Waals surface area contributed by atoms with E-state index in [1.807, 2.05) is 0 Å². The quantitative estimate of drug-likeness (QED) is 0.631. The third-order valence-electron chi connectivity index (χ3n) is 5.29. The van der Waals surface area contributed by atoms with Gasteiger partial charge in [-0.1, -0.05) is 25.3 Å². The Morgan fingerprint density at radius 3 is 2.42 bits per heavy atom. The van der Waals surface area contributed by atoms with Crippen molar-refractivity contribution in [2.45, 2.75) is 52.0 Å². The van der Waals surface area contributed by atoms with Crippen LogP contribution < -0.4 is 4.90 Å². The Hall–Kier alpha value is -2.04. The van der Waals surface area contributed by atoms with E-state index in [1.165, 1.54) is 24.0 Å². The van der Waals surface area contributed by atoms with Crippen molar-refractivity contribution in [2.24, 2.45) is 11.8 Å². The number of anilines is 1. The van der Waals surface area contributed by atoms with Gasteiger partial charge in [0.1, 0.15) is 17.5 Å². The molecule has 0 spiro atoms. The van der Waals surface area contributed by atoms with Gasteiger partial charge < -0.3 is 0 Å². The summed E-state index contributed by atoms with van der Waals surface area (Å²) in [6.45, 7) is 3.11. The molecule has 1 saturated heterocycles. The van der Waals surface area contributed by atoms with E-state index in [-0.39, 0.29) is 17.4 Å². The molecule has 2 fully saturated rings. The van der Waals surface area contributed by atoms with Crippen LogP contribution in [0.2, 0.25) is 0 Å². The number of aryl methyl sites for hydroxylation is 1. The van der Waals surface area contributed by atoms with Crippen LogP contribution in [0.25, 0.3) is 0 Å². The Kier molecular flexibility index (Phi) is 4.52. The lowest BCUT2D eigenvalue weighted by Crippen LogP contribution is -2.43. The minimum absolute atomic E-state index is 0.0590. The first-order valence-corrected chi connectivity index (χ1v) is 8.56. The largest absolute Gasteiger partial charge is 0.299 e. The Balaban J connectivity index is 2.07. The molecule has 1 aromatic rings. The number of rotatable bonds is 3. The minimum atomic E-state index is -0.971. The molecule has 1 amide bonds. The SMILES string of the molecule is CC(=O)C1C(=O)C(=O)N(c2ccc(C)cc2F)C1C1CCCCC1. The third-order valence-corrected chi connectivity index (χ3v) is 5.29. The molecule has 1 aliphatic heterocycles. The lowest BCUT2D eigenvalue weighted by atomic mass is 9.77. The van der Waals surface area contributed by atoms with Crippen molar-refractivity contribution in [3.8, 4) is 0 Å². The first-order valence-electron chi connectivity index (χ1n) is 8.56. The highest BCUT2D eigenvalue weighted by molar-refractivity contribution is 6.48. The highest BCUT2D eigenvalue weighted by Crippen LogP contribution is 2.40. The first kappa shape index (κ1) is 16.8. The number of nitrogens with zero attached hydrogens (tertiary/aromatic N) is 1. The summed E-state index contributed by atoms with van der Waals surface area (Å²) in [4.78, 5) is 38.3. The molecule has 1 heterocycles. The molecule has 128 valence electrons. The summed E-state index contributed by atoms with van der Waals surface area (Å²) in [5.41, 5.74) is 0.852. The van der Waals surface area contributed by atoms with Crippen LogP contribution in [0.4, 0.5) is 10.1 Å². The van der Waals surface area contributed by atoms with E-state index >= 15 is 0 Å². The average molecular weight is 331 g/mol. The van der Waals surface area contributed by atoms with Crippen LogP contribution in [-0.4, -0.2) is 23.5 Å². The van der Waals surface area contributed by atoms with Crippen molar-refractivity contribution in [1.82, 2.24) is 0 Å². The Labute approximate surface area is 141 Å². The highest BCUT2D eigenvalue weighted by Gasteiger charge is 2.53. The fourth-order valence-electron chi connectivity index (χ4n) is 4.15. The molecule has 4 nitrogen and oxygen atoms in total. The maximum absolute atomic E-state index is 14.5. The van der Waals surface area contributed by atoms with E-state index in [0.717, 1.165) is 37.7 Å². The lowest BCUT2D eigenvalue weighted by molar-refractivity contribution is -0.138. The Bertz CT molecular complexity index is 694. The van der Waals surface area contributed by atoms with Crippen LogP contribution in [0.1, 0.15) is 44.6 Å². The standard InChI is InChI=1S/C19H22FNO3/c1-11-8-9-15(14(20)10-11)21-17(13-6-4-3-5-7-13)16(12(2)22)18(23)19(21)24/h8-10,13,16-17H,3-7H2,1-2H3. The molecule has 3 rings (SSSR count). The van der Waals surface area contributed by atoms with E-state index in [1.54, 1.807) is 13.0 Å².